The van der Waals surface area contributed by atoms with Crippen LogP contribution in [0.2, 0.25) is 0 Å². The summed E-state index contributed by atoms with van der Waals surface area (Å²) in [5, 5.41) is 18.1. The Morgan fingerprint density at radius 3 is 2.38 bits per heavy atom. The lowest BCUT2D eigenvalue weighted by Gasteiger charge is -2.32. The molecule has 7 heteroatoms. The number of para-hydroxylation sites is 1. The van der Waals surface area contributed by atoms with E-state index >= 15 is 0 Å². The molecule has 1 fully saturated rings. The molecule has 0 saturated carbocycles. The summed E-state index contributed by atoms with van der Waals surface area (Å²) in [4.78, 5) is 15.0. The standard InChI is InChI=1S/C27H30N6O/c1-18-9-11-21(12-10-18)17-28-27(34)22-13-15-32(16-14-22)26-25-24(19(2)29-30-26)20(3)33(31-25)23-7-5-4-6-8-23/h4-12,22H,13-17H2,1-3H3,(H,28,34). The maximum absolute atomic E-state index is 12.8. The summed E-state index contributed by atoms with van der Waals surface area (Å²) in [6.07, 6.45) is 1.57. The Balaban J connectivity index is 1.30. The smallest absolute Gasteiger partial charge is 0.223 e. The van der Waals surface area contributed by atoms with E-state index in [1.165, 1.54) is 5.56 Å². The first-order valence-electron chi connectivity index (χ1n) is 11.9. The molecule has 1 N–H and O–H groups in total. The van der Waals surface area contributed by atoms with Crippen molar-refractivity contribution in [2.45, 2.75) is 40.2 Å². The Morgan fingerprint density at radius 2 is 1.68 bits per heavy atom. The number of benzene rings is 2. The number of nitrogens with zero attached hydrogens (tertiary/aromatic N) is 5. The van der Waals surface area contributed by atoms with Crippen LogP contribution in [0.15, 0.2) is 54.6 Å². The van der Waals surface area contributed by atoms with Gasteiger partial charge in [0.05, 0.1) is 22.5 Å². The summed E-state index contributed by atoms with van der Waals surface area (Å²) in [6.45, 7) is 8.20. The van der Waals surface area contributed by atoms with E-state index in [0.717, 1.165) is 65.3 Å². The van der Waals surface area contributed by atoms with Crippen molar-refractivity contribution >= 4 is 22.6 Å². The molecule has 1 aliphatic rings. The molecular formula is C27H30N6O. The predicted molar refractivity (Wildman–Crippen MR) is 134 cm³/mol. The van der Waals surface area contributed by atoms with Crippen LogP contribution in [0.1, 0.15) is 35.4 Å². The van der Waals surface area contributed by atoms with Gasteiger partial charge in [-0.3, -0.25) is 4.79 Å². The number of aryl methyl sites for hydroxylation is 3. The lowest BCUT2D eigenvalue weighted by Crippen LogP contribution is -2.40. The van der Waals surface area contributed by atoms with Gasteiger partial charge in [0.25, 0.3) is 0 Å². The molecule has 174 valence electrons. The maximum atomic E-state index is 12.8. The molecule has 5 rings (SSSR count). The molecule has 1 amide bonds. The molecule has 0 unspecified atom stereocenters. The Bertz CT molecular complexity index is 1300. The van der Waals surface area contributed by atoms with Gasteiger partial charge in [-0.1, -0.05) is 48.0 Å². The minimum atomic E-state index is 0.0132. The molecular weight excluding hydrogens is 424 g/mol. The monoisotopic (exact) mass is 454 g/mol. The van der Waals surface area contributed by atoms with Gasteiger partial charge in [0.1, 0.15) is 5.52 Å². The fourth-order valence-corrected chi connectivity index (χ4v) is 4.74. The minimum absolute atomic E-state index is 0.0132. The summed E-state index contributed by atoms with van der Waals surface area (Å²) in [5.74, 6) is 0.945. The fraction of sp³-hybridized carbons (Fsp3) is 0.333. The SMILES string of the molecule is Cc1ccc(CNC(=O)C2CCN(c3nnc(C)c4c(C)n(-c5ccccc5)nc34)CC2)cc1. The second-order valence-corrected chi connectivity index (χ2v) is 9.13. The third-order valence-electron chi connectivity index (χ3n) is 6.74. The molecule has 0 aliphatic carbocycles. The normalized spacial score (nSPS) is 14.5. The molecule has 0 atom stereocenters. The highest BCUT2D eigenvalue weighted by Gasteiger charge is 2.28. The van der Waals surface area contributed by atoms with Gasteiger partial charge in [-0.2, -0.15) is 10.2 Å². The zero-order valence-corrected chi connectivity index (χ0v) is 20.0. The van der Waals surface area contributed by atoms with Crippen LogP contribution in [0.4, 0.5) is 5.82 Å². The second-order valence-electron chi connectivity index (χ2n) is 9.13. The Kier molecular flexibility index (Phi) is 6.01. The number of rotatable bonds is 5. The third kappa shape index (κ3) is 4.25. The number of amides is 1. The lowest BCUT2D eigenvalue weighted by atomic mass is 9.95. The first-order valence-corrected chi connectivity index (χ1v) is 11.9. The summed E-state index contributed by atoms with van der Waals surface area (Å²) in [7, 11) is 0. The van der Waals surface area contributed by atoms with Crippen LogP contribution in [0.3, 0.4) is 0 Å². The van der Waals surface area contributed by atoms with E-state index in [0.29, 0.717) is 6.54 Å². The number of carbonyl (C=O) groups excluding carboxylic acids is 1. The molecule has 0 bridgehead atoms. The van der Waals surface area contributed by atoms with Gasteiger partial charge in [0.2, 0.25) is 5.91 Å². The van der Waals surface area contributed by atoms with Crippen molar-refractivity contribution in [1.82, 2.24) is 25.3 Å². The summed E-state index contributed by atoms with van der Waals surface area (Å²) < 4.78 is 1.97. The first-order chi connectivity index (χ1) is 16.5. The molecule has 2 aromatic heterocycles. The maximum Gasteiger partial charge on any atom is 0.223 e. The molecule has 0 radical (unpaired) electrons. The van der Waals surface area contributed by atoms with Crippen molar-refractivity contribution < 1.29 is 4.79 Å². The van der Waals surface area contributed by atoms with E-state index in [1.807, 2.05) is 29.8 Å². The van der Waals surface area contributed by atoms with E-state index in [-0.39, 0.29) is 11.8 Å². The average Bonchev–Trinajstić information content (AvgIpc) is 3.22. The highest BCUT2D eigenvalue weighted by molar-refractivity contribution is 5.92. The first kappa shape index (κ1) is 22.1. The van der Waals surface area contributed by atoms with Crippen LogP contribution in [-0.2, 0) is 11.3 Å². The van der Waals surface area contributed by atoms with Crippen LogP contribution in [0, 0.1) is 26.7 Å². The fourth-order valence-electron chi connectivity index (χ4n) is 4.74. The molecule has 1 aliphatic heterocycles. The zero-order chi connectivity index (χ0) is 23.7. The molecule has 1 saturated heterocycles. The number of hydrogen-bond donors (Lipinski definition) is 1. The summed E-state index contributed by atoms with van der Waals surface area (Å²) >= 11 is 0. The third-order valence-corrected chi connectivity index (χ3v) is 6.74. The van der Waals surface area contributed by atoms with Gasteiger partial charge >= 0.3 is 0 Å². The van der Waals surface area contributed by atoms with Crippen LogP contribution < -0.4 is 10.2 Å². The van der Waals surface area contributed by atoms with Gasteiger partial charge < -0.3 is 10.2 Å². The van der Waals surface area contributed by atoms with Crippen molar-refractivity contribution in [3.63, 3.8) is 0 Å². The average molecular weight is 455 g/mol. The van der Waals surface area contributed by atoms with Crippen molar-refractivity contribution in [2.24, 2.45) is 5.92 Å². The molecule has 34 heavy (non-hydrogen) atoms. The number of hydrogen-bond acceptors (Lipinski definition) is 5. The topological polar surface area (TPSA) is 75.9 Å². The second kappa shape index (κ2) is 9.25. The molecule has 7 nitrogen and oxygen atoms in total. The summed E-state index contributed by atoms with van der Waals surface area (Å²) in [5.41, 5.74) is 6.17. The van der Waals surface area contributed by atoms with Crippen LogP contribution in [0.5, 0.6) is 0 Å². The van der Waals surface area contributed by atoms with Crippen LogP contribution >= 0.6 is 0 Å². The van der Waals surface area contributed by atoms with Crippen molar-refractivity contribution in [3.8, 4) is 5.69 Å². The Hall–Kier alpha value is -3.74. The van der Waals surface area contributed by atoms with Gasteiger partial charge in [0.15, 0.2) is 5.82 Å². The molecule has 4 aromatic rings. The predicted octanol–water partition coefficient (Wildman–Crippen LogP) is 4.27. The number of carbonyl (C=O) groups is 1. The number of piperidine rings is 1. The molecule has 3 heterocycles. The van der Waals surface area contributed by atoms with Gasteiger partial charge in [-0.05, 0) is 51.3 Å². The highest BCUT2D eigenvalue weighted by atomic mass is 16.1. The summed E-state index contributed by atoms with van der Waals surface area (Å²) in [6, 6.07) is 18.4. The molecule has 2 aromatic carbocycles. The van der Waals surface area contributed by atoms with Crippen molar-refractivity contribution in [2.75, 3.05) is 18.0 Å². The van der Waals surface area contributed by atoms with E-state index in [4.69, 9.17) is 5.10 Å². The van der Waals surface area contributed by atoms with Gasteiger partial charge in [-0.25, -0.2) is 4.68 Å². The quantitative estimate of drug-likeness (QED) is 0.487. The Morgan fingerprint density at radius 1 is 0.971 bits per heavy atom. The number of fused-ring (bicyclic) bond motifs is 1. The molecule has 0 spiro atoms. The zero-order valence-electron chi connectivity index (χ0n) is 20.0. The highest BCUT2D eigenvalue weighted by Crippen LogP contribution is 2.31. The van der Waals surface area contributed by atoms with Crippen LogP contribution in [-0.4, -0.2) is 39.0 Å². The van der Waals surface area contributed by atoms with E-state index in [2.05, 4.69) is 70.7 Å². The van der Waals surface area contributed by atoms with Gasteiger partial charge in [0, 0.05) is 25.6 Å². The largest absolute Gasteiger partial charge is 0.353 e. The van der Waals surface area contributed by atoms with Crippen molar-refractivity contribution in [3.05, 3.63) is 77.1 Å². The van der Waals surface area contributed by atoms with Crippen molar-refractivity contribution in [1.29, 1.82) is 0 Å². The van der Waals surface area contributed by atoms with E-state index in [9.17, 15) is 4.79 Å². The number of aromatic nitrogens is 4. The van der Waals surface area contributed by atoms with E-state index in [1.54, 1.807) is 0 Å². The van der Waals surface area contributed by atoms with Gasteiger partial charge in [-0.15, -0.1) is 5.10 Å². The van der Waals surface area contributed by atoms with E-state index < -0.39 is 0 Å². The van der Waals surface area contributed by atoms with Crippen LogP contribution in [0.25, 0.3) is 16.6 Å². The Labute approximate surface area is 199 Å². The number of anilines is 1. The lowest BCUT2D eigenvalue weighted by molar-refractivity contribution is -0.125. The minimum Gasteiger partial charge on any atom is -0.353 e. The number of nitrogens with one attached hydrogen (secondary N) is 1.